The van der Waals surface area contributed by atoms with Gasteiger partial charge in [-0.1, -0.05) is 63.2 Å². The molecule has 0 fully saturated rings. The van der Waals surface area contributed by atoms with Crippen LogP contribution in [0.2, 0.25) is 18.1 Å². The normalized spacial score (nSPS) is 15.9. The Hall–Kier alpha value is -1.89. The molecule has 1 atom stereocenters. The van der Waals surface area contributed by atoms with Crippen molar-refractivity contribution in [1.82, 2.24) is 0 Å². The standard InChI is InChI=1S/C22H27NOSi/c1-21(2,3)25(5,6)24-22(4,15-23)18-11-12-20-17(14-18)13-16-9-7-8-10-19(16)20/h7-12,14H,13H2,1-6H3. The molecule has 1 aliphatic rings. The minimum atomic E-state index is -2.06. The Kier molecular flexibility index (Phi) is 4.18. The molecule has 3 rings (SSSR count). The maximum Gasteiger partial charge on any atom is 0.194 e. The Morgan fingerprint density at radius 2 is 1.60 bits per heavy atom. The summed E-state index contributed by atoms with van der Waals surface area (Å²) in [6.07, 6.45) is 0.931. The van der Waals surface area contributed by atoms with Crippen molar-refractivity contribution in [3.8, 4) is 17.2 Å². The third-order valence-electron chi connectivity index (χ3n) is 5.82. The summed E-state index contributed by atoms with van der Waals surface area (Å²) in [6, 6.07) is 17.4. The van der Waals surface area contributed by atoms with Crippen LogP contribution >= 0.6 is 0 Å². The zero-order valence-corrected chi connectivity index (χ0v) is 17.1. The van der Waals surface area contributed by atoms with Gasteiger partial charge in [-0.15, -0.1) is 0 Å². The predicted molar refractivity (Wildman–Crippen MR) is 106 cm³/mol. The summed E-state index contributed by atoms with van der Waals surface area (Å²) >= 11 is 0. The molecule has 25 heavy (non-hydrogen) atoms. The summed E-state index contributed by atoms with van der Waals surface area (Å²) in [4.78, 5) is 0. The first kappa shape index (κ1) is 17.9. The average Bonchev–Trinajstić information content (AvgIpc) is 2.91. The molecule has 0 bridgehead atoms. The van der Waals surface area contributed by atoms with Crippen molar-refractivity contribution in [3.05, 3.63) is 59.2 Å². The molecule has 0 saturated carbocycles. The number of fused-ring (bicyclic) bond motifs is 3. The van der Waals surface area contributed by atoms with E-state index in [1.165, 1.54) is 22.3 Å². The van der Waals surface area contributed by atoms with Crippen molar-refractivity contribution in [2.45, 2.75) is 57.8 Å². The largest absolute Gasteiger partial charge is 0.396 e. The van der Waals surface area contributed by atoms with Crippen molar-refractivity contribution in [1.29, 1.82) is 5.26 Å². The number of nitrogens with zero attached hydrogens (tertiary/aromatic N) is 1. The molecule has 0 aromatic heterocycles. The van der Waals surface area contributed by atoms with Crippen molar-refractivity contribution in [2.75, 3.05) is 0 Å². The number of hydrogen-bond donors (Lipinski definition) is 0. The molecule has 2 aromatic rings. The van der Waals surface area contributed by atoms with Gasteiger partial charge in [-0.3, -0.25) is 0 Å². The van der Waals surface area contributed by atoms with E-state index in [9.17, 15) is 5.26 Å². The molecule has 0 aliphatic heterocycles. The first-order chi connectivity index (χ1) is 11.6. The SMILES string of the molecule is CC(C#N)(O[Si](C)(C)C(C)(C)C)c1ccc2c(c1)Cc1ccccc1-2. The number of rotatable bonds is 3. The Labute approximate surface area is 152 Å². The molecular weight excluding hydrogens is 322 g/mol. The minimum absolute atomic E-state index is 0.0675. The average molecular weight is 350 g/mol. The van der Waals surface area contributed by atoms with Crippen LogP contribution in [0.25, 0.3) is 11.1 Å². The highest BCUT2D eigenvalue weighted by atomic mass is 28.4. The summed E-state index contributed by atoms with van der Waals surface area (Å²) in [5.74, 6) is 0. The van der Waals surface area contributed by atoms with Gasteiger partial charge in [-0.05, 0) is 59.3 Å². The summed E-state index contributed by atoms with van der Waals surface area (Å²) in [5, 5.41) is 10.0. The van der Waals surface area contributed by atoms with Crippen molar-refractivity contribution in [2.24, 2.45) is 0 Å². The predicted octanol–water partition coefficient (Wildman–Crippen LogP) is 6.02. The van der Waals surface area contributed by atoms with Gasteiger partial charge in [0.2, 0.25) is 0 Å². The lowest BCUT2D eigenvalue weighted by Gasteiger charge is -2.41. The molecule has 130 valence electrons. The quantitative estimate of drug-likeness (QED) is 0.542. The van der Waals surface area contributed by atoms with E-state index in [2.05, 4.69) is 82.4 Å². The Morgan fingerprint density at radius 1 is 0.960 bits per heavy atom. The number of hydrogen-bond acceptors (Lipinski definition) is 2. The van der Waals surface area contributed by atoms with Crippen LogP contribution < -0.4 is 0 Å². The Morgan fingerprint density at radius 3 is 2.24 bits per heavy atom. The molecule has 1 aliphatic carbocycles. The first-order valence-electron chi connectivity index (χ1n) is 8.90. The van der Waals surface area contributed by atoms with E-state index in [4.69, 9.17) is 4.43 Å². The smallest absolute Gasteiger partial charge is 0.194 e. The second-order valence-electron chi connectivity index (χ2n) is 8.71. The van der Waals surface area contributed by atoms with Gasteiger partial charge < -0.3 is 4.43 Å². The van der Waals surface area contributed by atoms with Gasteiger partial charge in [0.1, 0.15) is 6.07 Å². The molecule has 0 spiro atoms. The zero-order chi connectivity index (χ0) is 18.5. The van der Waals surface area contributed by atoms with Crippen LogP contribution in [0.1, 0.15) is 44.4 Å². The van der Waals surface area contributed by atoms with Gasteiger partial charge in [0.05, 0.1) is 0 Å². The third kappa shape index (κ3) is 3.05. The summed E-state index contributed by atoms with van der Waals surface area (Å²) < 4.78 is 6.54. The van der Waals surface area contributed by atoms with E-state index in [0.29, 0.717) is 0 Å². The fourth-order valence-electron chi connectivity index (χ4n) is 3.25. The molecule has 0 amide bonds. The second kappa shape index (κ2) is 5.83. The highest BCUT2D eigenvalue weighted by Gasteiger charge is 2.44. The van der Waals surface area contributed by atoms with Crippen molar-refractivity contribution in [3.63, 3.8) is 0 Å². The number of nitriles is 1. The first-order valence-corrected chi connectivity index (χ1v) is 11.8. The van der Waals surface area contributed by atoms with Crippen molar-refractivity contribution >= 4 is 8.32 Å². The molecule has 0 radical (unpaired) electrons. The molecular formula is C22H27NOSi. The molecule has 0 N–H and O–H groups in total. The van der Waals surface area contributed by atoms with Crippen LogP contribution in [-0.2, 0) is 16.4 Å². The van der Waals surface area contributed by atoms with E-state index in [0.717, 1.165) is 12.0 Å². The van der Waals surface area contributed by atoms with Crippen LogP contribution in [0.15, 0.2) is 42.5 Å². The lowest BCUT2D eigenvalue weighted by atomic mass is 9.94. The molecule has 2 aromatic carbocycles. The van der Waals surface area contributed by atoms with Gasteiger partial charge in [-0.25, -0.2) is 0 Å². The minimum Gasteiger partial charge on any atom is -0.396 e. The van der Waals surface area contributed by atoms with Crippen LogP contribution in [0, 0.1) is 11.3 Å². The lowest BCUT2D eigenvalue weighted by Crippen LogP contribution is -2.47. The van der Waals surface area contributed by atoms with Gasteiger partial charge >= 0.3 is 0 Å². The van der Waals surface area contributed by atoms with Crippen LogP contribution in [0.5, 0.6) is 0 Å². The Balaban J connectivity index is 1.99. The van der Waals surface area contributed by atoms with Gasteiger partial charge in [-0.2, -0.15) is 5.26 Å². The fraction of sp³-hybridized carbons (Fsp3) is 0.409. The maximum atomic E-state index is 9.94. The Bertz CT molecular complexity index is 857. The van der Waals surface area contributed by atoms with Crippen LogP contribution in [-0.4, -0.2) is 8.32 Å². The number of benzene rings is 2. The monoisotopic (exact) mass is 349 g/mol. The topological polar surface area (TPSA) is 33.0 Å². The van der Waals surface area contributed by atoms with E-state index in [1.807, 2.05) is 6.92 Å². The third-order valence-corrected chi connectivity index (χ3v) is 10.4. The highest BCUT2D eigenvalue weighted by molar-refractivity contribution is 6.74. The molecule has 2 nitrogen and oxygen atoms in total. The van der Waals surface area contributed by atoms with Gasteiger partial charge in [0, 0.05) is 0 Å². The summed E-state index contributed by atoms with van der Waals surface area (Å²) in [7, 11) is -2.06. The molecule has 0 heterocycles. The second-order valence-corrected chi connectivity index (χ2v) is 13.4. The molecule has 0 saturated heterocycles. The van der Waals surface area contributed by atoms with Crippen LogP contribution in [0.4, 0.5) is 0 Å². The van der Waals surface area contributed by atoms with E-state index < -0.39 is 13.9 Å². The van der Waals surface area contributed by atoms with Gasteiger partial charge in [0.25, 0.3) is 0 Å². The molecule has 1 unspecified atom stereocenters. The zero-order valence-electron chi connectivity index (χ0n) is 16.1. The summed E-state index contributed by atoms with van der Waals surface area (Å²) in [5.41, 5.74) is 5.30. The summed E-state index contributed by atoms with van der Waals surface area (Å²) in [6.45, 7) is 12.9. The van der Waals surface area contributed by atoms with Crippen molar-refractivity contribution < 1.29 is 4.43 Å². The van der Waals surface area contributed by atoms with E-state index in [1.54, 1.807) is 0 Å². The van der Waals surface area contributed by atoms with Gasteiger partial charge in [0.15, 0.2) is 13.9 Å². The fourth-order valence-corrected chi connectivity index (χ4v) is 4.74. The van der Waals surface area contributed by atoms with E-state index in [-0.39, 0.29) is 5.04 Å². The lowest BCUT2D eigenvalue weighted by molar-refractivity contribution is 0.129. The van der Waals surface area contributed by atoms with E-state index >= 15 is 0 Å². The highest BCUT2D eigenvalue weighted by Crippen LogP contribution is 2.43. The van der Waals surface area contributed by atoms with Crippen LogP contribution in [0.3, 0.4) is 0 Å². The molecule has 3 heteroatoms. The maximum absolute atomic E-state index is 9.94.